The second-order valence-corrected chi connectivity index (χ2v) is 8.62. The van der Waals surface area contributed by atoms with Gasteiger partial charge in [-0.25, -0.2) is 0 Å². The van der Waals surface area contributed by atoms with Gasteiger partial charge in [-0.2, -0.15) is 0 Å². The van der Waals surface area contributed by atoms with Crippen molar-refractivity contribution in [1.29, 1.82) is 0 Å². The second kappa shape index (κ2) is 6.80. The van der Waals surface area contributed by atoms with E-state index in [1.807, 2.05) is 4.90 Å². The van der Waals surface area contributed by atoms with E-state index in [-0.39, 0.29) is 23.1 Å². The van der Waals surface area contributed by atoms with Crippen LogP contribution in [0.3, 0.4) is 0 Å². The molecule has 28 heavy (non-hydrogen) atoms. The van der Waals surface area contributed by atoms with Crippen molar-refractivity contribution in [3.05, 3.63) is 59.5 Å². The zero-order chi connectivity index (χ0) is 19.1. The quantitative estimate of drug-likeness (QED) is 0.884. The summed E-state index contributed by atoms with van der Waals surface area (Å²) in [5.41, 5.74) is 3.45. The van der Waals surface area contributed by atoms with E-state index in [9.17, 15) is 9.59 Å². The maximum atomic E-state index is 12.6. The highest BCUT2D eigenvalue weighted by molar-refractivity contribution is 5.93. The van der Waals surface area contributed by atoms with Crippen LogP contribution in [0.5, 0.6) is 0 Å². The summed E-state index contributed by atoms with van der Waals surface area (Å²) >= 11 is 0. The number of carbonyl (C=O) groups is 2. The highest BCUT2D eigenvalue weighted by Gasteiger charge is 2.46. The normalized spacial score (nSPS) is 22.9. The first-order chi connectivity index (χ1) is 13.6. The molecule has 1 N–H and O–H groups in total. The molecular weight excluding hydrogens is 352 g/mol. The van der Waals surface area contributed by atoms with Crippen molar-refractivity contribution < 1.29 is 14.0 Å². The number of nitrogens with one attached hydrogen (secondary N) is 1. The fraction of sp³-hybridized carbons (Fsp3) is 0.478. The predicted molar refractivity (Wildman–Crippen MR) is 105 cm³/mol. The Labute approximate surface area is 165 Å². The van der Waals surface area contributed by atoms with Gasteiger partial charge in [0, 0.05) is 25.6 Å². The van der Waals surface area contributed by atoms with Gasteiger partial charge in [-0.05, 0) is 60.6 Å². The average Bonchev–Trinajstić information content (AvgIpc) is 3.25. The maximum Gasteiger partial charge on any atom is 0.257 e. The minimum Gasteiger partial charge on any atom is -0.472 e. The van der Waals surface area contributed by atoms with Crippen molar-refractivity contribution in [3.63, 3.8) is 0 Å². The maximum absolute atomic E-state index is 12.6. The Kier molecular flexibility index (Phi) is 4.26. The van der Waals surface area contributed by atoms with Crippen LogP contribution in [0.2, 0.25) is 0 Å². The van der Waals surface area contributed by atoms with Gasteiger partial charge in [0.1, 0.15) is 6.26 Å². The Morgan fingerprint density at radius 2 is 1.93 bits per heavy atom. The molecule has 0 radical (unpaired) electrons. The minimum absolute atomic E-state index is 0.0512. The van der Waals surface area contributed by atoms with E-state index in [0.29, 0.717) is 18.0 Å². The molecule has 0 bridgehead atoms. The standard InChI is InChI=1S/C23H26N2O3/c26-21(24-18-5-6-18)13-17-14-23(20-4-2-1-3-19(17)20)8-10-25(11-9-23)22(27)16-7-12-28-15-16/h1-4,7,12,15,17-18H,5-6,8-11,13-14H2,(H,24,26). The van der Waals surface area contributed by atoms with Gasteiger partial charge in [-0.3, -0.25) is 9.59 Å². The number of furan rings is 1. The molecule has 1 saturated heterocycles. The van der Waals surface area contributed by atoms with Crippen molar-refractivity contribution in [2.75, 3.05) is 13.1 Å². The molecule has 2 aliphatic carbocycles. The van der Waals surface area contributed by atoms with Gasteiger partial charge in [0.2, 0.25) is 5.91 Å². The van der Waals surface area contributed by atoms with Crippen LogP contribution in [0.1, 0.15) is 65.9 Å². The molecule has 2 aromatic rings. The van der Waals surface area contributed by atoms with Crippen LogP contribution >= 0.6 is 0 Å². The SMILES string of the molecule is O=C(CC1CC2(CCN(C(=O)c3ccoc3)CC2)c2ccccc21)NC1CC1. The van der Waals surface area contributed by atoms with Crippen LogP contribution in [-0.2, 0) is 10.2 Å². The van der Waals surface area contributed by atoms with E-state index < -0.39 is 0 Å². The molecule has 1 unspecified atom stereocenters. The molecule has 1 saturated carbocycles. The highest BCUT2D eigenvalue weighted by atomic mass is 16.3. The van der Waals surface area contributed by atoms with Crippen LogP contribution in [0.25, 0.3) is 0 Å². The number of nitrogens with zero attached hydrogens (tertiary/aromatic N) is 1. The van der Waals surface area contributed by atoms with Gasteiger partial charge in [-0.1, -0.05) is 24.3 Å². The number of hydrogen-bond acceptors (Lipinski definition) is 3. The monoisotopic (exact) mass is 378 g/mol. The Bertz CT molecular complexity index is 877. The number of hydrogen-bond donors (Lipinski definition) is 1. The molecule has 1 spiro atoms. The summed E-state index contributed by atoms with van der Waals surface area (Å²) in [6.45, 7) is 1.50. The predicted octanol–water partition coefficient (Wildman–Crippen LogP) is 3.61. The summed E-state index contributed by atoms with van der Waals surface area (Å²) in [4.78, 5) is 27.0. The Morgan fingerprint density at radius 1 is 1.14 bits per heavy atom. The number of fused-ring (bicyclic) bond motifs is 2. The zero-order valence-electron chi connectivity index (χ0n) is 16.0. The summed E-state index contributed by atoms with van der Waals surface area (Å²) in [5, 5.41) is 3.14. The third-order valence-electron chi connectivity index (χ3n) is 6.76. The van der Waals surface area contributed by atoms with Gasteiger partial charge >= 0.3 is 0 Å². The van der Waals surface area contributed by atoms with Gasteiger partial charge in [0.05, 0.1) is 11.8 Å². The van der Waals surface area contributed by atoms with E-state index in [0.717, 1.165) is 45.2 Å². The molecule has 5 heteroatoms. The van der Waals surface area contributed by atoms with Crippen LogP contribution in [0, 0.1) is 0 Å². The van der Waals surface area contributed by atoms with Crippen LogP contribution in [0.4, 0.5) is 0 Å². The lowest BCUT2D eigenvalue weighted by atomic mass is 9.73. The van der Waals surface area contributed by atoms with Gasteiger partial charge in [0.15, 0.2) is 0 Å². The minimum atomic E-state index is 0.0512. The zero-order valence-corrected chi connectivity index (χ0v) is 16.0. The number of rotatable bonds is 4. The smallest absolute Gasteiger partial charge is 0.257 e. The van der Waals surface area contributed by atoms with Crippen molar-refractivity contribution in [3.8, 4) is 0 Å². The van der Waals surface area contributed by atoms with E-state index in [4.69, 9.17) is 4.42 Å². The number of benzene rings is 1. The fourth-order valence-corrected chi connectivity index (χ4v) is 5.13. The van der Waals surface area contributed by atoms with E-state index in [2.05, 4.69) is 29.6 Å². The summed E-state index contributed by atoms with van der Waals surface area (Å²) < 4.78 is 5.06. The molecule has 5 rings (SSSR count). The molecule has 5 nitrogen and oxygen atoms in total. The molecule has 3 aliphatic rings. The summed E-state index contributed by atoms with van der Waals surface area (Å²) in [6, 6.07) is 10.8. The number of amides is 2. The summed E-state index contributed by atoms with van der Waals surface area (Å²) in [6.07, 6.45) is 8.80. The fourth-order valence-electron chi connectivity index (χ4n) is 5.13. The van der Waals surface area contributed by atoms with E-state index >= 15 is 0 Å². The second-order valence-electron chi connectivity index (χ2n) is 8.62. The molecule has 1 aromatic heterocycles. The molecule has 2 fully saturated rings. The molecule has 2 amide bonds. The van der Waals surface area contributed by atoms with Crippen LogP contribution in [0.15, 0.2) is 47.3 Å². The first-order valence-corrected chi connectivity index (χ1v) is 10.3. The van der Waals surface area contributed by atoms with E-state index in [1.165, 1.54) is 17.4 Å². The first-order valence-electron chi connectivity index (χ1n) is 10.3. The Morgan fingerprint density at radius 3 is 2.64 bits per heavy atom. The Hall–Kier alpha value is -2.56. The number of likely N-dealkylation sites (tertiary alicyclic amines) is 1. The number of piperidine rings is 1. The Balaban J connectivity index is 1.31. The molecular formula is C23H26N2O3. The molecule has 1 atom stereocenters. The molecule has 146 valence electrons. The van der Waals surface area contributed by atoms with Gasteiger partial charge in [0.25, 0.3) is 5.91 Å². The number of carbonyl (C=O) groups excluding carboxylic acids is 2. The third-order valence-corrected chi connectivity index (χ3v) is 6.76. The lowest BCUT2D eigenvalue weighted by Gasteiger charge is -2.40. The van der Waals surface area contributed by atoms with Crippen molar-refractivity contribution in [1.82, 2.24) is 10.2 Å². The molecule has 2 heterocycles. The van der Waals surface area contributed by atoms with Crippen molar-refractivity contribution in [2.24, 2.45) is 0 Å². The largest absolute Gasteiger partial charge is 0.472 e. The van der Waals surface area contributed by atoms with Gasteiger partial charge < -0.3 is 14.6 Å². The summed E-state index contributed by atoms with van der Waals surface area (Å²) in [5.74, 6) is 0.522. The lowest BCUT2D eigenvalue weighted by Crippen LogP contribution is -2.44. The third kappa shape index (κ3) is 3.13. The first kappa shape index (κ1) is 17.5. The van der Waals surface area contributed by atoms with Crippen LogP contribution in [-0.4, -0.2) is 35.8 Å². The van der Waals surface area contributed by atoms with Gasteiger partial charge in [-0.15, -0.1) is 0 Å². The average molecular weight is 378 g/mol. The molecule has 1 aliphatic heterocycles. The molecule has 1 aromatic carbocycles. The van der Waals surface area contributed by atoms with Crippen molar-refractivity contribution in [2.45, 2.75) is 55.9 Å². The van der Waals surface area contributed by atoms with Crippen molar-refractivity contribution >= 4 is 11.8 Å². The topological polar surface area (TPSA) is 62.6 Å². The van der Waals surface area contributed by atoms with E-state index in [1.54, 1.807) is 12.3 Å². The van der Waals surface area contributed by atoms with Crippen LogP contribution < -0.4 is 5.32 Å². The summed E-state index contributed by atoms with van der Waals surface area (Å²) in [7, 11) is 0. The lowest BCUT2D eigenvalue weighted by molar-refractivity contribution is -0.121. The highest BCUT2D eigenvalue weighted by Crippen LogP contribution is 2.52.